The van der Waals surface area contributed by atoms with Gasteiger partial charge in [0.1, 0.15) is 0 Å². The van der Waals surface area contributed by atoms with Gasteiger partial charge in [0.05, 0.1) is 16.3 Å². The number of carbonyl (C=O) groups is 1. The van der Waals surface area contributed by atoms with Crippen LogP contribution in [0.3, 0.4) is 0 Å². The maximum atomic E-state index is 13.4. The zero-order valence-electron chi connectivity index (χ0n) is 20.9. The number of sulfonamides is 1. The van der Waals surface area contributed by atoms with Crippen LogP contribution in [0.2, 0.25) is 0 Å². The summed E-state index contributed by atoms with van der Waals surface area (Å²) in [4.78, 5) is 29.4. The highest BCUT2D eigenvalue weighted by Gasteiger charge is 2.36. The Morgan fingerprint density at radius 1 is 1.03 bits per heavy atom. The molecule has 2 fully saturated rings. The summed E-state index contributed by atoms with van der Waals surface area (Å²) in [6.45, 7) is 7.52. The number of fused-ring (bicyclic) bond motifs is 1. The molecule has 9 nitrogen and oxygen atoms in total. The fourth-order valence-electron chi connectivity index (χ4n) is 5.29. The summed E-state index contributed by atoms with van der Waals surface area (Å²) in [5.74, 6) is -0.875. The third-order valence-electron chi connectivity index (χ3n) is 7.64. The minimum atomic E-state index is -3.82. The molecule has 1 amide bonds. The van der Waals surface area contributed by atoms with Crippen LogP contribution in [0.15, 0.2) is 50.5 Å². The molecule has 192 valence electrons. The summed E-state index contributed by atoms with van der Waals surface area (Å²) >= 11 is 0. The molecule has 5 rings (SSSR count). The molecule has 0 saturated carbocycles. The Morgan fingerprint density at radius 3 is 2.53 bits per heavy atom. The van der Waals surface area contributed by atoms with E-state index in [1.807, 2.05) is 4.90 Å². The molecule has 0 unspecified atom stereocenters. The van der Waals surface area contributed by atoms with Crippen LogP contribution >= 0.6 is 0 Å². The second-order valence-corrected chi connectivity index (χ2v) is 11.7. The van der Waals surface area contributed by atoms with Gasteiger partial charge in [0.15, 0.2) is 5.58 Å². The lowest BCUT2D eigenvalue weighted by atomic mass is 9.97. The number of aromatic nitrogens is 1. The lowest BCUT2D eigenvalue weighted by Gasteiger charge is -2.40. The van der Waals surface area contributed by atoms with E-state index in [0.29, 0.717) is 38.0 Å². The monoisotopic (exact) mass is 512 g/mol. The second kappa shape index (κ2) is 9.40. The van der Waals surface area contributed by atoms with Gasteiger partial charge in [-0.05, 0) is 56.0 Å². The van der Waals surface area contributed by atoms with Gasteiger partial charge < -0.3 is 14.2 Å². The van der Waals surface area contributed by atoms with E-state index in [-0.39, 0.29) is 28.8 Å². The van der Waals surface area contributed by atoms with Crippen LogP contribution in [0.4, 0.5) is 5.69 Å². The number of anilines is 1. The highest BCUT2D eigenvalue weighted by Crippen LogP contribution is 2.28. The third kappa shape index (κ3) is 4.32. The van der Waals surface area contributed by atoms with Crippen molar-refractivity contribution < 1.29 is 17.6 Å². The number of rotatable bonds is 4. The summed E-state index contributed by atoms with van der Waals surface area (Å²) in [6.07, 6.45) is 1.30. The number of hydrogen-bond donors (Lipinski definition) is 0. The van der Waals surface area contributed by atoms with E-state index in [9.17, 15) is 18.0 Å². The molecule has 3 heterocycles. The van der Waals surface area contributed by atoms with Crippen LogP contribution < -0.4 is 10.7 Å². The van der Waals surface area contributed by atoms with Crippen LogP contribution in [0, 0.1) is 19.8 Å². The second-order valence-electron chi connectivity index (χ2n) is 9.79. The van der Waals surface area contributed by atoms with Crippen molar-refractivity contribution >= 4 is 32.7 Å². The average Bonchev–Trinajstić information content (AvgIpc) is 3.18. The van der Waals surface area contributed by atoms with Crippen molar-refractivity contribution in [1.82, 2.24) is 13.8 Å². The molecule has 10 heteroatoms. The van der Waals surface area contributed by atoms with Crippen LogP contribution in [-0.4, -0.2) is 67.4 Å². The van der Waals surface area contributed by atoms with Crippen molar-refractivity contribution in [2.75, 3.05) is 44.2 Å². The molecule has 0 bridgehead atoms. The van der Waals surface area contributed by atoms with Crippen molar-refractivity contribution in [3.8, 4) is 0 Å². The minimum Gasteiger partial charge on any atom is -0.408 e. The van der Waals surface area contributed by atoms with Gasteiger partial charge in [-0.15, -0.1) is 0 Å². The first-order valence-corrected chi connectivity index (χ1v) is 13.8. The molecule has 1 aromatic heterocycles. The summed E-state index contributed by atoms with van der Waals surface area (Å²) < 4.78 is 34.7. The fourth-order valence-corrected chi connectivity index (χ4v) is 6.83. The summed E-state index contributed by atoms with van der Waals surface area (Å²) in [5, 5.41) is 0. The molecular weight excluding hydrogens is 480 g/mol. The zero-order valence-corrected chi connectivity index (χ0v) is 21.8. The van der Waals surface area contributed by atoms with Crippen LogP contribution in [0.25, 0.3) is 11.1 Å². The fraction of sp³-hybridized carbons (Fsp3) is 0.462. The Morgan fingerprint density at radius 2 is 1.78 bits per heavy atom. The molecule has 0 N–H and O–H groups in total. The predicted octanol–water partition coefficient (Wildman–Crippen LogP) is 2.50. The molecule has 0 spiro atoms. The number of piperazine rings is 1. The zero-order chi connectivity index (χ0) is 25.6. The normalized spacial score (nSPS) is 19.7. The summed E-state index contributed by atoms with van der Waals surface area (Å²) in [5.41, 5.74) is 4.49. The molecule has 36 heavy (non-hydrogen) atoms. The molecule has 0 radical (unpaired) electrons. The van der Waals surface area contributed by atoms with Gasteiger partial charge in [0, 0.05) is 58.1 Å². The lowest BCUT2D eigenvalue weighted by molar-refractivity contribution is -0.137. The van der Waals surface area contributed by atoms with E-state index in [1.54, 1.807) is 13.1 Å². The maximum absolute atomic E-state index is 13.4. The Kier molecular flexibility index (Phi) is 6.42. The van der Waals surface area contributed by atoms with E-state index in [1.165, 1.54) is 37.8 Å². The number of amides is 1. The van der Waals surface area contributed by atoms with Gasteiger partial charge in [0.25, 0.3) is 0 Å². The number of aryl methyl sites for hydroxylation is 2. The lowest BCUT2D eigenvalue weighted by Crippen LogP contribution is -2.53. The topological polar surface area (TPSA) is 96.1 Å². The first kappa shape index (κ1) is 24.6. The molecule has 2 aliphatic rings. The molecule has 3 aromatic rings. The highest BCUT2D eigenvalue weighted by atomic mass is 32.2. The van der Waals surface area contributed by atoms with Gasteiger partial charge in [-0.1, -0.05) is 12.1 Å². The van der Waals surface area contributed by atoms with Gasteiger partial charge >= 0.3 is 5.76 Å². The third-order valence-corrected chi connectivity index (χ3v) is 9.50. The van der Waals surface area contributed by atoms with Crippen LogP contribution in [0.5, 0.6) is 0 Å². The van der Waals surface area contributed by atoms with Crippen LogP contribution in [-0.2, 0) is 21.9 Å². The first-order chi connectivity index (χ1) is 17.2. The van der Waals surface area contributed by atoms with Crippen molar-refractivity contribution in [3.05, 3.63) is 58.1 Å². The molecule has 2 aromatic carbocycles. The number of hydrogen-bond acceptors (Lipinski definition) is 6. The standard InChI is InChI=1S/C26H32N4O5S/c1-18-6-4-8-22(19(18)2)28-12-14-29(15-13-28)25(31)20-7-5-11-30(17-20)36(33,34)21-9-10-23-24(16-21)35-26(32)27(23)3/h4,6,8-10,16,20H,5,7,11-15,17H2,1-3H3/t20-/m1/s1. The molecule has 0 aliphatic carbocycles. The molecular formula is C26H32N4O5S. The number of carbonyl (C=O) groups excluding carboxylic acids is 1. The number of piperidine rings is 1. The Labute approximate surface area is 210 Å². The largest absolute Gasteiger partial charge is 0.419 e. The van der Waals surface area contributed by atoms with E-state index < -0.39 is 15.8 Å². The average molecular weight is 513 g/mol. The summed E-state index contributed by atoms with van der Waals surface area (Å²) in [7, 11) is -2.25. The van der Waals surface area contributed by atoms with Crippen molar-refractivity contribution in [3.63, 3.8) is 0 Å². The van der Waals surface area contributed by atoms with E-state index >= 15 is 0 Å². The van der Waals surface area contributed by atoms with E-state index in [0.717, 1.165) is 13.1 Å². The van der Waals surface area contributed by atoms with Gasteiger partial charge in [-0.2, -0.15) is 4.31 Å². The van der Waals surface area contributed by atoms with Crippen molar-refractivity contribution in [2.45, 2.75) is 31.6 Å². The van der Waals surface area contributed by atoms with Gasteiger partial charge in [0.2, 0.25) is 15.9 Å². The minimum absolute atomic E-state index is 0.0278. The predicted molar refractivity (Wildman–Crippen MR) is 138 cm³/mol. The number of oxazole rings is 1. The Hall–Kier alpha value is -3.11. The first-order valence-electron chi connectivity index (χ1n) is 12.4. The maximum Gasteiger partial charge on any atom is 0.419 e. The van der Waals surface area contributed by atoms with Gasteiger partial charge in [-0.3, -0.25) is 9.36 Å². The molecule has 2 aliphatic heterocycles. The Balaban J connectivity index is 1.27. The van der Waals surface area contributed by atoms with Gasteiger partial charge in [-0.25, -0.2) is 13.2 Å². The number of nitrogens with zero attached hydrogens (tertiary/aromatic N) is 4. The van der Waals surface area contributed by atoms with E-state index in [4.69, 9.17) is 4.42 Å². The van der Waals surface area contributed by atoms with E-state index in [2.05, 4.69) is 36.9 Å². The van der Waals surface area contributed by atoms with Crippen molar-refractivity contribution in [1.29, 1.82) is 0 Å². The van der Waals surface area contributed by atoms with Crippen molar-refractivity contribution in [2.24, 2.45) is 13.0 Å². The smallest absolute Gasteiger partial charge is 0.408 e. The van der Waals surface area contributed by atoms with Crippen LogP contribution in [0.1, 0.15) is 24.0 Å². The SMILES string of the molecule is Cc1cccc(N2CCN(C(=O)[C@@H]3CCCN(S(=O)(=O)c4ccc5c(c4)oc(=O)n5C)C3)CC2)c1C. The Bertz CT molecular complexity index is 1470. The molecule has 2 saturated heterocycles. The summed E-state index contributed by atoms with van der Waals surface area (Å²) in [6, 6.07) is 10.8. The number of benzene rings is 2. The quantitative estimate of drug-likeness (QED) is 0.533. The highest BCUT2D eigenvalue weighted by molar-refractivity contribution is 7.89. The molecule has 1 atom stereocenters.